The van der Waals surface area contributed by atoms with E-state index in [-0.39, 0.29) is 35.0 Å². The summed E-state index contributed by atoms with van der Waals surface area (Å²) in [6.07, 6.45) is 5.09. The first-order valence-corrected chi connectivity index (χ1v) is 19.1. The van der Waals surface area contributed by atoms with Crippen molar-refractivity contribution in [2.24, 2.45) is 5.92 Å². The third-order valence-electron chi connectivity index (χ3n) is 7.61. The van der Waals surface area contributed by atoms with Crippen LogP contribution in [-0.2, 0) is 28.3 Å². The van der Waals surface area contributed by atoms with Crippen molar-refractivity contribution in [3.63, 3.8) is 0 Å². The van der Waals surface area contributed by atoms with Crippen LogP contribution >= 0.6 is 0 Å². The Morgan fingerprint density at radius 1 is 0.875 bits per heavy atom. The molecule has 2 N–H and O–H groups in total. The standard InChI is InChI=1S/C35H54N2O10Si/c1-33(2,3)45-30(39)22-43-26-14-13-25(20-27(26)44-23-31(40)46-34(4,5)6)28(47-48(10,11)35(7,8)9)21-36-29(38)15-12-24-16-18-37(19-17-24)32(41)42/h12-15,20-21,24H,16-19,22-23H2,1-11H3,(H,36,38)(H,41,42)/b15-12+,28-21?. The molecule has 1 heterocycles. The van der Waals surface area contributed by atoms with Crippen molar-refractivity contribution in [2.45, 2.75) is 104 Å². The number of hydrogen-bond acceptors (Lipinski definition) is 9. The molecule has 2 rings (SSSR count). The van der Waals surface area contributed by atoms with Gasteiger partial charge < -0.3 is 38.7 Å². The second kappa shape index (κ2) is 16.4. The molecule has 48 heavy (non-hydrogen) atoms. The lowest BCUT2D eigenvalue weighted by Gasteiger charge is -2.37. The highest BCUT2D eigenvalue weighted by molar-refractivity contribution is 6.74. The highest BCUT2D eigenvalue weighted by Gasteiger charge is 2.40. The maximum atomic E-state index is 12.9. The van der Waals surface area contributed by atoms with Crippen LogP contribution in [0.15, 0.2) is 36.6 Å². The van der Waals surface area contributed by atoms with E-state index in [9.17, 15) is 24.3 Å². The molecule has 2 amide bonds. The van der Waals surface area contributed by atoms with Crippen LogP contribution in [0.25, 0.3) is 5.76 Å². The van der Waals surface area contributed by atoms with E-state index in [0.29, 0.717) is 37.3 Å². The topological polar surface area (TPSA) is 150 Å². The number of nitrogens with zero attached hydrogens (tertiary/aromatic N) is 1. The van der Waals surface area contributed by atoms with E-state index in [0.717, 1.165) is 0 Å². The molecule has 0 radical (unpaired) electrons. The van der Waals surface area contributed by atoms with Gasteiger partial charge in [-0.25, -0.2) is 14.4 Å². The van der Waals surface area contributed by atoms with Crippen LogP contribution < -0.4 is 14.8 Å². The van der Waals surface area contributed by atoms with Crippen molar-refractivity contribution in [3.8, 4) is 11.5 Å². The summed E-state index contributed by atoms with van der Waals surface area (Å²) < 4.78 is 29.0. The van der Waals surface area contributed by atoms with Gasteiger partial charge in [-0.1, -0.05) is 26.8 Å². The molecule has 0 unspecified atom stereocenters. The number of carboxylic acid groups (broad SMARTS) is 1. The molecule has 0 saturated carbocycles. The molecule has 0 atom stereocenters. The summed E-state index contributed by atoms with van der Waals surface area (Å²) in [5.41, 5.74) is -0.874. The van der Waals surface area contributed by atoms with Crippen LogP contribution in [-0.4, -0.2) is 79.8 Å². The molecule has 268 valence electrons. The number of piperidine rings is 1. The van der Waals surface area contributed by atoms with Gasteiger partial charge in [0.25, 0.3) is 8.32 Å². The van der Waals surface area contributed by atoms with Crippen molar-refractivity contribution in [2.75, 3.05) is 26.3 Å². The zero-order valence-corrected chi connectivity index (χ0v) is 31.4. The number of amides is 2. The molecule has 1 aliphatic rings. The highest BCUT2D eigenvalue weighted by atomic mass is 28.4. The fourth-order valence-electron chi connectivity index (χ4n) is 4.20. The third-order valence-corrected chi connectivity index (χ3v) is 11.9. The van der Waals surface area contributed by atoms with Gasteiger partial charge in [-0.05, 0) is 103 Å². The Kier molecular flexibility index (Phi) is 13.7. The van der Waals surface area contributed by atoms with Gasteiger partial charge in [-0.3, -0.25) is 4.79 Å². The Labute approximate surface area is 285 Å². The Morgan fingerprint density at radius 3 is 1.88 bits per heavy atom. The molecule has 0 aromatic heterocycles. The molecule has 12 nitrogen and oxygen atoms in total. The van der Waals surface area contributed by atoms with Crippen LogP contribution in [0.3, 0.4) is 0 Å². The second-order valence-electron chi connectivity index (χ2n) is 15.3. The molecule has 1 fully saturated rings. The van der Waals surface area contributed by atoms with E-state index in [1.165, 1.54) is 17.2 Å². The van der Waals surface area contributed by atoms with E-state index in [2.05, 4.69) is 39.2 Å². The predicted molar refractivity (Wildman–Crippen MR) is 185 cm³/mol. The van der Waals surface area contributed by atoms with Crippen LogP contribution in [0, 0.1) is 5.92 Å². The Bertz CT molecular complexity index is 1360. The monoisotopic (exact) mass is 690 g/mol. The molecule has 1 aromatic rings. The third kappa shape index (κ3) is 14.0. The summed E-state index contributed by atoms with van der Waals surface area (Å²) in [5, 5.41) is 11.8. The zero-order chi connectivity index (χ0) is 36.5. The van der Waals surface area contributed by atoms with E-state index >= 15 is 0 Å². The number of esters is 2. The number of carbonyl (C=O) groups excluding carboxylic acids is 3. The molecule has 0 spiro atoms. The molecular weight excluding hydrogens is 636 g/mol. The van der Waals surface area contributed by atoms with Crippen molar-refractivity contribution in [3.05, 3.63) is 42.1 Å². The molecule has 1 saturated heterocycles. The summed E-state index contributed by atoms with van der Waals surface area (Å²) >= 11 is 0. The van der Waals surface area contributed by atoms with E-state index in [4.69, 9.17) is 23.4 Å². The number of ether oxygens (including phenoxy) is 4. The average molecular weight is 691 g/mol. The number of allylic oxidation sites excluding steroid dienone is 1. The Hall–Kier alpha value is -4.00. The van der Waals surface area contributed by atoms with Crippen LogP contribution in [0.5, 0.6) is 11.5 Å². The Morgan fingerprint density at radius 2 is 1.40 bits per heavy atom. The lowest BCUT2D eigenvalue weighted by atomic mass is 9.96. The predicted octanol–water partition coefficient (Wildman–Crippen LogP) is 6.51. The number of nitrogens with one attached hydrogen (secondary N) is 1. The van der Waals surface area contributed by atoms with Gasteiger partial charge in [0.1, 0.15) is 17.0 Å². The van der Waals surface area contributed by atoms with Gasteiger partial charge in [-0.2, -0.15) is 0 Å². The van der Waals surface area contributed by atoms with Crippen molar-refractivity contribution < 1.29 is 47.7 Å². The van der Waals surface area contributed by atoms with Gasteiger partial charge in [-0.15, -0.1) is 0 Å². The number of likely N-dealkylation sites (tertiary alicyclic amines) is 1. The Balaban J connectivity index is 2.39. The van der Waals surface area contributed by atoms with Crippen LogP contribution in [0.1, 0.15) is 80.7 Å². The maximum absolute atomic E-state index is 12.9. The fraction of sp³-hybridized carbons (Fsp3) is 0.600. The number of benzene rings is 1. The summed E-state index contributed by atoms with van der Waals surface area (Å²) in [6.45, 7) is 21.0. The molecule has 1 aliphatic heterocycles. The first-order valence-electron chi connectivity index (χ1n) is 16.2. The first kappa shape index (κ1) is 40.2. The van der Waals surface area contributed by atoms with Crippen LogP contribution in [0.2, 0.25) is 18.1 Å². The largest absolute Gasteiger partial charge is 0.542 e. The highest BCUT2D eigenvalue weighted by Crippen LogP contribution is 2.40. The minimum absolute atomic E-state index is 0.0937. The number of carbonyl (C=O) groups is 4. The van der Waals surface area contributed by atoms with E-state index in [1.54, 1.807) is 65.8 Å². The second-order valence-corrected chi connectivity index (χ2v) is 20.0. The normalized spacial score (nSPS) is 15.1. The SMILES string of the molecule is CC(C)(C)OC(=O)COc1ccc(C(=CNC(=O)/C=C/C2CCN(C(=O)O)CC2)O[Si](C)(C)C(C)(C)C)cc1OCC(=O)OC(C)(C)C. The van der Waals surface area contributed by atoms with Crippen molar-refractivity contribution in [1.29, 1.82) is 0 Å². The molecule has 0 bridgehead atoms. The van der Waals surface area contributed by atoms with Gasteiger partial charge in [0, 0.05) is 24.9 Å². The summed E-state index contributed by atoms with van der Waals surface area (Å²) in [4.78, 5) is 50.3. The number of hydrogen-bond donors (Lipinski definition) is 2. The molecule has 0 aliphatic carbocycles. The summed E-state index contributed by atoms with van der Waals surface area (Å²) in [6, 6.07) is 4.92. The molecule has 13 heteroatoms. The minimum Gasteiger partial charge on any atom is -0.542 e. The van der Waals surface area contributed by atoms with Crippen molar-refractivity contribution >= 4 is 38.0 Å². The van der Waals surface area contributed by atoms with E-state index in [1.807, 2.05) is 0 Å². The lowest BCUT2D eigenvalue weighted by Crippen LogP contribution is -2.40. The van der Waals surface area contributed by atoms with Gasteiger partial charge in [0.05, 0.1) is 0 Å². The molecule has 1 aromatic carbocycles. The van der Waals surface area contributed by atoms with Crippen molar-refractivity contribution in [1.82, 2.24) is 10.2 Å². The fourth-order valence-corrected chi connectivity index (χ4v) is 5.23. The first-order chi connectivity index (χ1) is 22.0. The maximum Gasteiger partial charge on any atom is 0.407 e. The smallest absolute Gasteiger partial charge is 0.407 e. The van der Waals surface area contributed by atoms with Gasteiger partial charge in [0.2, 0.25) is 5.91 Å². The summed E-state index contributed by atoms with van der Waals surface area (Å²) in [5.74, 6) is -0.714. The lowest BCUT2D eigenvalue weighted by molar-refractivity contribution is -0.158. The van der Waals surface area contributed by atoms with Gasteiger partial charge in [0.15, 0.2) is 24.7 Å². The van der Waals surface area contributed by atoms with E-state index < -0.39 is 44.2 Å². The van der Waals surface area contributed by atoms with Crippen LogP contribution in [0.4, 0.5) is 4.79 Å². The minimum atomic E-state index is -2.43. The zero-order valence-electron chi connectivity index (χ0n) is 30.4. The molecular formula is C35H54N2O10Si. The quantitative estimate of drug-likeness (QED) is 0.108. The number of rotatable bonds is 12. The van der Waals surface area contributed by atoms with Gasteiger partial charge >= 0.3 is 18.0 Å². The average Bonchev–Trinajstić information content (AvgIpc) is 2.94. The summed E-state index contributed by atoms with van der Waals surface area (Å²) in [7, 11) is -2.43.